The molecule has 0 fully saturated rings. The van der Waals surface area contributed by atoms with Crippen molar-refractivity contribution in [1.82, 2.24) is 9.97 Å². The van der Waals surface area contributed by atoms with Crippen LogP contribution in [0.2, 0.25) is 0 Å². The minimum Gasteiger partial charge on any atom is -0.358 e. The standard InChI is InChI=1S/C27H34N2/c1-8-20-25(27(5,6)7)19-15-17(13-14-22(19)28-20)16-23-24(26(2,3)4)18-11-9-10-12-21(18)29-23/h9-15,28-29H,8,16H2,1-7H3. The third kappa shape index (κ3) is 3.50. The molecule has 0 aliphatic rings. The summed E-state index contributed by atoms with van der Waals surface area (Å²) in [6.45, 7) is 16.1. The van der Waals surface area contributed by atoms with Crippen LogP contribution < -0.4 is 0 Å². The zero-order valence-electron chi connectivity index (χ0n) is 19.0. The summed E-state index contributed by atoms with van der Waals surface area (Å²) in [6.07, 6.45) is 1.96. The summed E-state index contributed by atoms with van der Waals surface area (Å²) >= 11 is 0. The molecule has 0 bridgehead atoms. The van der Waals surface area contributed by atoms with Gasteiger partial charge in [0.2, 0.25) is 0 Å². The number of nitrogens with one attached hydrogen (secondary N) is 2. The van der Waals surface area contributed by atoms with Crippen LogP contribution in [0.4, 0.5) is 0 Å². The fraction of sp³-hybridized carbons (Fsp3) is 0.407. The number of hydrogen-bond acceptors (Lipinski definition) is 0. The van der Waals surface area contributed by atoms with Crippen LogP contribution in [0.1, 0.15) is 76.5 Å². The summed E-state index contributed by atoms with van der Waals surface area (Å²) in [5.74, 6) is 0. The normalized spacial score (nSPS) is 12.9. The van der Waals surface area contributed by atoms with Crippen LogP contribution in [0.3, 0.4) is 0 Å². The first-order valence-corrected chi connectivity index (χ1v) is 10.8. The molecule has 0 unspecified atom stereocenters. The molecular formula is C27H34N2. The Labute approximate surface area is 174 Å². The lowest BCUT2D eigenvalue weighted by atomic mass is 9.82. The Bertz CT molecular complexity index is 1170. The fourth-order valence-electron chi connectivity index (χ4n) is 4.92. The monoisotopic (exact) mass is 386 g/mol. The Morgan fingerprint density at radius 2 is 1.28 bits per heavy atom. The van der Waals surface area contributed by atoms with Gasteiger partial charge in [-0.15, -0.1) is 0 Å². The van der Waals surface area contributed by atoms with E-state index in [1.165, 1.54) is 49.9 Å². The molecule has 2 nitrogen and oxygen atoms in total. The van der Waals surface area contributed by atoms with E-state index in [9.17, 15) is 0 Å². The zero-order chi connectivity index (χ0) is 21.0. The Morgan fingerprint density at radius 3 is 1.93 bits per heavy atom. The van der Waals surface area contributed by atoms with Crippen LogP contribution in [-0.4, -0.2) is 9.97 Å². The highest BCUT2D eigenvalue weighted by Crippen LogP contribution is 2.37. The predicted octanol–water partition coefficient (Wildman–Crippen LogP) is 7.40. The van der Waals surface area contributed by atoms with E-state index in [-0.39, 0.29) is 10.8 Å². The highest BCUT2D eigenvalue weighted by atomic mass is 14.7. The molecule has 2 heteroatoms. The van der Waals surface area contributed by atoms with E-state index in [4.69, 9.17) is 0 Å². The van der Waals surface area contributed by atoms with Gasteiger partial charge in [0.1, 0.15) is 0 Å². The quantitative estimate of drug-likeness (QED) is 0.368. The van der Waals surface area contributed by atoms with Crippen LogP contribution >= 0.6 is 0 Å². The maximum Gasteiger partial charge on any atom is 0.0459 e. The van der Waals surface area contributed by atoms with Gasteiger partial charge in [-0.3, -0.25) is 0 Å². The third-order valence-electron chi connectivity index (χ3n) is 5.96. The predicted molar refractivity (Wildman–Crippen MR) is 126 cm³/mol. The molecule has 152 valence electrons. The molecule has 0 saturated heterocycles. The largest absolute Gasteiger partial charge is 0.358 e. The van der Waals surface area contributed by atoms with Crippen LogP contribution in [0.25, 0.3) is 21.8 Å². The van der Waals surface area contributed by atoms with E-state index < -0.39 is 0 Å². The van der Waals surface area contributed by atoms with Gasteiger partial charge in [0.15, 0.2) is 0 Å². The molecule has 0 spiro atoms. The SMILES string of the molecule is CCc1[nH]c2ccc(Cc3[nH]c4ccccc4c3C(C)(C)C)cc2c1C(C)(C)C. The van der Waals surface area contributed by atoms with Gasteiger partial charge in [0.25, 0.3) is 0 Å². The first-order chi connectivity index (χ1) is 13.6. The average Bonchev–Trinajstić information content (AvgIpc) is 3.18. The van der Waals surface area contributed by atoms with Crippen LogP contribution in [0, 0.1) is 0 Å². The highest BCUT2D eigenvalue weighted by Gasteiger charge is 2.25. The number of benzene rings is 2. The van der Waals surface area contributed by atoms with E-state index in [0.717, 1.165) is 12.8 Å². The van der Waals surface area contributed by atoms with Crippen LogP contribution in [0.15, 0.2) is 42.5 Å². The second-order valence-corrected chi connectivity index (χ2v) is 10.4. The van der Waals surface area contributed by atoms with Gasteiger partial charge in [-0.05, 0) is 52.1 Å². The summed E-state index contributed by atoms with van der Waals surface area (Å²) in [5, 5.41) is 2.72. The molecule has 0 aliphatic heterocycles. The van der Waals surface area contributed by atoms with E-state index in [1.807, 2.05) is 0 Å². The van der Waals surface area contributed by atoms with E-state index in [1.54, 1.807) is 0 Å². The average molecular weight is 387 g/mol. The molecule has 2 N–H and O–H groups in total. The summed E-state index contributed by atoms with van der Waals surface area (Å²) in [7, 11) is 0. The minimum absolute atomic E-state index is 0.0963. The zero-order valence-corrected chi connectivity index (χ0v) is 19.0. The lowest BCUT2D eigenvalue weighted by Gasteiger charge is -2.21. The maximum atomic E-state index is 3.72. The second-order valence-electron chi connectivity index (χ2n) is 10.4. The molecule has 29 heavy (non-hydrogen) atoms. The van der Waals surface area contributed by atoms with Gasteiger partial charge in [0, 0.05) is 39.6 Å². The molecule has 0 aliphatic carbocycles. The number of rotatable bonds is 3. The number of aromatic nitrogens is 2. The van der Waals surface area contributed by atoms with Gasteiger partial charge in [-0.25, -0.2) is 0 Å². The van der Waals surface area contributed by atoms with Crippen molar-refractivity contribution in [2.24, 2.45) is 0 Å². The highest BCUT2D eigenvalue weighted by molar-refractivity contribution is 5.88. The number of para-hydroxylation sites is 1. The van der Waals surface area contributed by atoms with E-state index in [0.29, 0.717) is 0 Å². The molecule has 2 aromatic heterocycles. The van der Waals surface area contributed by atoms with Crippen molar-refractivity contribution in [3.63, 3.8) is 0 Å². The Balaban J connectivity index is 1.85. The van der Waals surface area contributed by atoms with E-state index >= 15 is 0 Å². The molecule has 4 aromatic rings. The number of aryl methyl sites for hydroxylation is 1. The molecule has 0 amide bonds. The van der Waals surface area contributed by atoms with Crippen molar-refractivity contribution < 1.29 is 0 Å². The Hall–Kier alpha value is -2.48. The lowest BCUT2D eigenvalue weighted by molar-refractivity contribution is 0.588. The molecule has 0 radical (unpaired) electrons. The lowest BCUT2D eigenvalue weighted by Crippen LogP contribution is -2.14. The van der Waals surface area contributed by atoms with Crippen LogP contribution in [-0.2, 0) is 23.7 Å². The number of fused-ring (bicyclic) bond motifs is 2. The fourth-order valence-corrected chi connectivity index (χ4v) is 4.92. The molecule has 2 heterocycles. The molecule has 0 saturated carbocycles. The smallest absolute Gasteiger partial charge is 0.0459 e. The van der Waals surface area contributed by atoms with Crippen molar-refractivity contribution in [2.45, 2.75) is 72.1 Å². The van der Waals surface area contributed by atoms with Crippen molar-refractivity contribution in [2.75, 3.05) is 0 Å². The Morgan fingerprint density at radius 1 is 0.690 bits per heavy atom. The van der Waals surface area contributed by atoms with Gasteiger partial charge in [-0.2, -0.15) is 0 Å². The van der Waals surface area contributed by atoms with Crippen molar-refractivity contribution in [3.8, 4) is 0 Å². The molecule has 2 aromatic carbocycles. The second kappa shape index (κ2) is 6.79. The van der Waals surface area contributed by atoms with Gasteiger partial charge in [0.05, 0.1) is 0 Å². The van der Waals surface area contributed by atoms with Crippen molar-refractivity contribution in [1.29, 1.82) is 0 Å². The summed E-state index contributed by atoms with van der Waals surface area (Å²) < 4.78 is 0. The molecule has 0 atom stereocenters. The Kier molecular flexibility index (Phi) is 4.64. The number of H-pyrrole nitrogens is 2. The van der Waals surface area contributed by atoms with Crippen molar-refractivity contribution >= 4 is 21.8 Å². The summed E-state index contributed by atoms with van der Waals surface area (Å²) in [5.41, 5.74) is 9.67. The molecular weight excluding hydrogens is 352 g/mol. The minimum atomic E-state index is 0.0963. The van der Waals surface area contributed by atoms with Gasteiger partial charge >= 0.3 is 0 Å². The maximum absolute atomic E-state index is 3.72. The third-order valence-corrected chi connectivity index (χ3v) is 5.96. The first kappa shape index (κ1) is 19.8. The van der Waals surface area contributed by atoms with Gasteiger partial charge < -0.3 is 9.97 Å². The van der Waals surface area contributed by atoms with Crippen molar-refractivity contribution in [3.05, 3.63) is 70.5 Å². The topological polar surface area (TPSA) is 31.6 Å². The van der Waals surface area contributed by atoms with E-state index in [2.05, 4.69) is 101 Å². The van der Waals surface area contributed by atoms with Gasteiger partial charge in [-0.1, -0.05) is 72.7 Å². The summed E-state index contributed by atoms with van der Waals surface area (Å²) in [6, 6.07) is 15.6. The first-order valence-electron chi connectivity index (χ1n) is 10.8. The number of hydrogen-bond donors (Lipinski definition) is 2. The van der Waals surface area contributed by atoms with Crippen LogP contribution in [0.5, 0.6) is 0 Å². The summed E-state index contributed by atoms with van der Waals surface area (Å²) in [4.78, 5) is 7.38. The number of aromatic amines is 2. The molecule has 4 rings (SSSR count).